The van der Waals surface area contributed by atoms with Crippen molar-refractivity contribution in [1.82, 2.24) is 5.32 Å². The van der Waals surface area contributed by atoms with E-state index in [0.29, 0.717) is 6.42 Å². The molecule has 0 aliphatic heterocycles. The first-order chi connectivity index (χ1) is 6.07. The Balaban J connectivity index is 3.56. The number of aliphatic hydroxyl groups is 1. The SMILES string of the molecule is CCCCCC(=O)N[C@@H](O)C(=O)O. The first-order valence-corrected chi connectivity index (χ1v) is 4.28. The zero-order valence-corrected chi connectivity index (χ0v) is 7.62. The molecular weight excluding hydrogens is 174 g/mol. The van der Waals surface area contributed by atoms with Gasteiger partial charge < -0.3 is 15.5 Å². The molecule has 0 aliphatic rings. The van der Waals surface area contributed by atoms with Crippen LogP contribution in [-0.4, -0.2) is 28.3 Å². The normalized spacial score (nSPS) is 12.2. The van der Waals surface area contributed by atoms with Crippen LogP contribution >= 0.6 is 0 Å². The second-order valence-corrected chi connectivity index (χ2v) is 2.77. The third-order valence-electron chi connectivity index (χ3n) is 1.54. The highest BCUT2D eigenvalue weighted by molar-refractivity contribution is 5.82. The van der Waals surface area contributed by atoms with E-state index in [1.54, 1.807) is 0 Å². The molecule has 0 radical (unpaired) electrons. The monoisotopic (exact) mass is 189 g/mol. The molecular formula is C8H15NO4. The minimum Gasteiger partial charge on any atom is -0.478 e. The Morgan fingerprint density at radius 1 is 1.38 bits per heavy atom. The lowest BCUT2D eigenvalue weighted by Gasteiger charge is -2.07. The van der Waals surface area contributed by atoms with Gasteiger partial charge in [0.25, 0.3) is 0 Å². The standard InChI is InChI=1S/C8H15NO4/c1-2-3-4-5-6(10)9-7(11)8(12)13/h7,11H,2-5H2,1H3,(H,9,10)(H,12,13)/t7-/m0/s1. The lowest BCUT2D eigenvalue weighted by molar-refractivity contribution is -0.151. The quantitative estimate of drug-likeness (QED) is 0.408. The molecule has 0 spiro atoms. The lowest BCUT2D eigenvalue weighted by Crippen LogP contribution is -2.40. The van der Waals surface area contributed by atoms with Crippen LogP contribution in [0.3, 0.4) is 0 Å². The van der Waals surface area contributed by atoms with Gasteiger partial charge in [-0.3, -0.25) is 4.79 Å². The molecule has 0 saturated heterocycles. The second-order valence-electron chi connectivity index (χ2n) is 2.77. The molecule has 5 nitrogen and oxygen atoms in total. The summed E-state index contributed by atoms with van der Waals surface area (Å²) in [6.07, 6.45) is 1.12. The van der Waals surface area contributed by atoms with Gasteiger partial charge in [0, 0.05) is 6.42 Å². The van der Waals surface area contributed by atoms with Gasteiger partial charge in [0.05, 0.1) is 0 Å². The van der Waals surface area contributed by atoms with E-state index in [-0.39, 0.29) is 6.42 Å². The predicted octanol–water partition coefficient (Wildman–Crippen LogP) is 0.0859. The number of nitrogens with one attached hydrogen (secondary N) is 1. The summed E-state index contributed by atoms with van der Waals surface area (Å²) >= 11 is 0. The van der Waals surface area contributed by atoms with Crippen LogP contribution in [0.25, 0.3) is 0 Å². The summed E-state index contributed by atoms with van der Waals surface area (Å²) in [5.74, 6) is -1.87. The molecule has 1 amide bonds. The van der Waals surface area contributed by atoms with E-state index in [2.05, 4.69) is 0 Å². The van der Waals surface area contributed by atoms with Crippen molar-refractivity contribution in [1.29, 1.82) is 0 Å². The fraction of sp³-hybridized carbons (Fsp3) is 0.750. The van der Waals surface area contributed by atoms with E-state index in [9.17, 15) is 9.59 Å². The number of carboxylic acids is 1. The summed E-state index contributed by atoms with van der Waals surface area (Å²) in [6.45, 7) is 2.00. The van der Waals surface area contributed by atoms with Crippen molar-refractivity contribution in [2.75, 3.05) is 0 Å². The molecule has 0 aliphatic carbocycles. The average molecular weight is 189 g/mol. The number of aliphatic hydroxyl groups excluding tert-OH is 1. The minimum atomic E-state index is -1.78. The summed E-state index contributed by atoms with van der Waals surface area (Å²) in [4.78, 5) is 21.0. The Morgan fingerprint density at radius 3 is 2.46 bits per heavy atom. The average Bonchev–Trinajstić information content (AvgIpc) is 2.04. The number of carbonyl (C=O) groups is 2. The number of amides is 1. The maximum absolute atomic E-state index is 10.9. The maximum atomic E-state index is 10.9. The van der Waals surface area contributed by atoms with Gasteiger partial charge in [0.2, 0.25) is 12.1 Å². The number of hydrogen-bond acceptors (Lipinski definition) is 3. The molecule has 76 valence electrons. The molecule has 0 saturated carbocycles. The van der Waals surface area contributed by atoms with Crippen LogP contribution in [0.4, 0.5) is 0 Å². The first kappa shape index (κ1) is 11.9. The Morgan fingerprint density at radius 2 is 2.00 bits per heavy atom. The van der Waals surface area contributed by atoms with Crippen molar-refractivity contribution in [3.8, 4) is 0 Å². The topological polar surface area (TPSA) is 86.6 Å². The van der Waals surface area contributed by atoms with Gasteiger partial charge in [-0.05, 0) is 6.42 Å². The Bertz CT molecular complexity index is 181. The number of carboxylic acid groups (broad SMARTS) is 1. The fourth-order valence-electron chi connectivity index (χ4n) is 0.822. The number of aliphatic carboxylic acids is 1. The van der Waals surface area contributed by atoms with Crippen LogP contribution in [-0.2, 0) is 9.59 Å². The molecule has 3 N–H and O–H groups in total. The van der Waals surface area contributed by atoms with Crippen LogP contribution in [0.2, 0.25) is 0 Å². The molecule has 1 atom stereocenters. The van der Waals surface area contributed by atoms with E-state index in [4.69, 9.17) is 10.2 Å². The van der Waals surface area contributed by atoms with Crippen molar-refractivity contribution >= 4 is 11.9 Å². The summed E-state index contributed by atoms with van der Waals surface area (Å²) in [5.41, 5.74) is 0. The smallest absolute Gasteiger partial charge is 0.353 e. The minimum absolute atomic E-state index is 0.262. The van der Waals surface area contributed by atoms with Gasteiger partial charge in [0.15, 0.2) is 0 Å². The van der Waals surface area contributed by atoms with Crippen molar-refractivity contribution in [3.05, 3.63) is 0 Å². The van der Waals surface area contributed by atoms with Crippen LogP contribution in [0.15, 0.2) is 0 Å². The van der Waals surface area contributed by atoms with Crippen LogP contribution in [0, 0.1) is 0 Å². The number of hydrogen-bond donors (Lipinski definition) is 3. The van der Waals surface area contributed by atoms with Crippen LogP contribution in [0.5, 0.6) is 0 Å². The fourth-order valence-corrected chi connectivity index (χ4v) is 0.822. The van der Waals surface area contributed by atoms with Gasteiger partial charge in [-0.15, -0.1) is 0 Å². The Kier molecular flexibility index (Phi) is 5.88. The van der Waals surface area contributed by atoms with Crippen molar-refractivity contribution in [2.45, 2.75) is 38.8 Å². The third-order valence-corrected chi connectivity index (χ3v) is 1.54. The molecule has 0 bridgehead atoms. The van der Waals surface area contributed by atoms with Crippen LogP contribution in [0.1, 0.15) is 32.6 Å². The van der Waals surface area contributed by atoms with E-state index in [1.165, 1.54) is 0 Å². The molecule has 0 aromatic carbocycles. The summed E-state index contributed by atoms with van der Waals surface area (Å²) < 4.78 is 0. The van der Waals surface area contributed by atoms with Crippen molar-refractivity contribution < 1.29 is 19.8 Å². The van der Waals surface area contributed by atoms with Gasteiger partial charge in [-0.25, -0.2) is 4.79 Å². The molecule has 0 unspecified atom stereocenters. The van der Waals surface area contributed by atoms with Crippen molar-refractivity contribution in [2.24, 2.45) is 0 Å². The lowest BCUT2D eigenvalue weighted by atomic mass is 10.2. The number of rotatable bonds is 6. The number of carbonyl (C=O) groups excluding carboxylic acids is 1. The largest absolute Gasteiger partial charge is 0.478 e. The molecule has 5 heteroatoms. The molecule has 0 fully saturated rings. The zero-order valence-electron chi connectivity index (χ0n) is 7.62. The summed E-state index contributed by atoms with van der Waals surface area (Å²) in [6, 6.07) is 0. The third kappa shape index (κ3) is 6.10. The van der Waals surface area contributed by atoms with E-state index < -0.39 is 18.1 Å². The molecule has 0 aromatic rings. The van der Waals surface area contributed by atoms with Crippen molar-refractivity contribution in [3.63, 3.8) is 0 Å². The highest BCUT2D eigenvalue weighted by Crippen LogP contribution is 1.98. The first-order valence-electron chi connectivity index (χ1n) is 4.28. The molecule has 0 rings (SSSR count). The maximum Gasteiger partial charge on any atom is 0.353 e. The highest BCUT2D eigenvalue weighted by Gasteiger charge is 2.14. The van der Waals surface area contributed by atoms with E-state index >= 15 is 0 Å². The van der Waals surface area contributed by atoms with E-state index in [1.807, 2.05) is 12.2 Å². The second kappa shape index (κ2) is 6.42. The predicted molar refractivity (Wildman–Crippen MR) is 45.9 cm³/mol. The summed E-state index contributed by atoms with van der Waals surface area (Å²) in [5, 5.41) is 18.9. The van der Waals surface area contributed by atoms with Crippen LogP contribution < -0.4 is 5.32 Å². The van der Waals surface area contributed by atoms with Gasteiger partial charge in [0.1, 0.15) is 0 Å². The molecule has 0 aromatic heterocycles. The van der Waals surface area contributed by atoms with Gasteiger partial charge in [-0.1, -0.05) is 19.8 Å². The summed E-state index contributed by atoms with van der Waals surface area (Å²) in [7, 11) is 0. The zero-order chi connectivity index (χ0) is 10.3. The van der Waals surface area contributed by atoms with Gasteiger partial charge in [-0.2, -0.15) is 0 Å². The highest BCUT2D eigenvalue weighted by atomic mass is 16.4. The number of unbranched alkanes of at least 4 members (excludes halogenated alkanes) is 2. The molecule has 13 heavy (non-hydrogen) atoms. The Labute approximate surface area is 76.8 Å². The molecule has 0 heterocycles. The Hall–Kier alpha value is -1.10. The van der Waals surface area contributed by atoms with Gasteiger partial charge >= 0.3 is 5.97 Å². The van der Waals surface area contributed by atoms with E-state index in [0.717, 1.165) is 12.8 Å².